The molecule has 0 saturated carbocycles. The number of ether oxygens (including phenoxy) is 1. The van der Waals surface area contributed by atoms with Gasteiger partial charge < -0.3 is 10.1 Å². The summed E-state index contributed by atoms with van der Waals surface area (Å²) in [6, 6.07) is 7.09. The van der Waals surface area contributed by atoms with Crippen molar-refractivity contribution >= 4 is 24.8 Å². The number of nitrogens with zero attached hydrogens (tertiary/aromatic N) is 1. The van der Waals surface area contributed by atoms with E-state index < -0.39 is 12.6 Å². The van der Waals surface area contributed by atoms with Gasteiger partial charge in [-0.2, -0.15) is 13.2 Å². The number of rotatable bonds is 5. The van der Waals surface area contributed by atoms with Gasteiger partial charge in [-0.1, -0.05) is 18.2 Å². The van der Waals surface area contributed by atoms with Crippen LogP contribution in [-0.2, 0) is 0 Å². The minimum Gasteiger partial charge on any atom is -0.496 e. The van der Waals surface area contributed by atoms with E-state index in [9.17, 15) is 13.2 Å². The predicted octanol–water partition coefficient (Wildman–Crippen LogP) is 3.83. The number of piperazine rings is 1. The molecule has 0 amide bonds. The SMILES string of the molecule is COc1ccccc1[C@H](CCC(F)(F)F)N1CCNCC1.Cl.Cl. The Morgan fingerprint density at radius 3 is 2.35 bits per heavy atom. The highest BCUT2D eigenvalue weighted by atomic mass is 35.5. The van der Waals surface area contributed by atoms with Crippen LogP contribution in [0.4, 0.5) is 13.2 Å². The van der Waals surface area contributed by atoms with Crippen LogP contribution in [0.15, 0.2) is 24.3 Å². The summed E-state index contributed by atoms with van der Waals surface area (Å²) in [6.45, 7) is 3.11. The molecular formula is C15H23Cl2F3N2O. The van der Waals surface area contributed by atoms with Gasteiger partial charge in [0.1, 0.15) is 5.75 Å². The average molecular weight is 375 g/mol. The molecule has 1 saturated heterocycles. The van der Waals surface area contributed by atoms with E-state index in [1.54, 1.807) is 13.2 Å². The predicted molar refractivity (Wildman–Crippen MR) is 90.0 cm³/mol. The number of hydrogen-bond acceptors (Lipinski definition) is 3. The lowest BCUT2D eigenvalue weighted by molar-refractivity contribution is -0.138. The van der Waals surface area contributed by atoms with Gasteiger partial charge >= 0.3 is 6.18 Å². The van der Waals surface area contributed by atoms with E-state index in [1.807, 2.05) is 18.2 Å². The fourth-order valence-electron chi connectivity index (χ4n) is 2.77. The van der Waals surface area contributed by atoms with Gasteiger partial charge in [0.15, 0.2) is 0 Å². The molecule has 0 bridgehead atoms. The smallest absolute Gasteiger partial charge is 0.389 e. The van der Waals surface area contributed by atoms with Gasteiger partial charge in [-0.25, -0.2) is 0 Å². The summed E-state index contributed by atoms with van der Waals surface area (Å²) in [6.07, 6.45) is -4.85. The number of benzene rings is 1. The normalized spacial score (nSPS) is 16.9. The third kappa shape index (κ3) is 6.75. The van der Waals surface area contributed by atoms with Crippen LogP contribution >= 0.6 is 24.8 Å². The Hall–Kier alpha value is -0.690. The van der Waals surface area contributed by atoms with Crippen LogP contribution in [0.5, 0.6) is 5.75 Å². The second-order valence-corrected chi connectivity index (χ2v) is 5.20. The number of halogens is 5. The quantitative estimate of drug-likeness (QED) is 0.847. The Bertz CT molecular complexity index is 455. The lowest BCUT2D eigenvalue weighted by Gasteiger charge is -2.36. The fraction of sp³-hybridized carbons (Fsp3) is 0.600. The minimum absolute atomic E-state index is 0. The van der Waals surface area contributed by atoms with Crippen molar-refractivity contribution in [2.75, 3.05) is 33.3 Å². The van der Waals surface area contributed by atoms with Crippen LogP contribution in [0.25, 0.3) is 0 Å². The maximum atomic E-state index is 12.6. The first-order chi connectivity index (χ1) is 10.0. The van der Waals surface area contributed by atoms with Crippen LogP contribution in [0.1, 0.15) is 24.4 Å². The van der Waals surface area contributed by atoms with Crippen molar-refractivity contribution in [1.29, 1.82) is 0 Å². The van der Waals surface area contributed by atoms with Gasteiger partial charge in [-0.15, -0.1) is 24.8 Å². The number of methoxy groups -OCH3 is 1. The highest BCUT2D eigenvalue weighted by Gasteiger charge is 2.32. The maximum absolute atomic E-state index is 12.6. The topological polar surface area (TPSA) is 24.5 Å². The molecule has 1 N–H and O–H groups in total. The van der Waals surface area contributed by atoms with E-state index in [1.165, 1.54) is 0 Å². The first kappa shape index (κ1) is 22.3. The molecule has 1 atom stereocenters. The molecule has 1 fully saturated rings. The number of hydrogen-bond donors (Lipinski definition) is 1. The zero-order valence-electron chi connectivity index (χ0n) is 12.9. The highest BCUT2D eigenvalue weighted by molar-refractivity contribution is 5.85. The van der Waals surface area contributed by atoms with E-state index in [2.05, 4.69) is 10.2 Å². The van der Waals surface area contributed by atoms with Crippen molar-refractivity contribution in [2.45, 2.75) is 25.1 Å². The van der Waals surface area contributed by atoms with E-state index in [4.69, 9.17) is 4.74 Å². The monoisotopic (exact) mass is 374 g/mol. The molecule has 8 heteroatoms. The van der Waals surface area contributed by atoms with Gasteiger partial charge in [0.25, 0.3) is 0 Å². The lowest BCUT2D eigenvalue weighted by Crippen LogP contribution is -2.45. The Labute approximate surface area is 147 Å². The van der Waals surface area contributed by atoms with Crippen LogP contribution in [-0.4, -0.2) is 44.4 Å². The summed E-state index contributed by atoms with van der Waals surface area (Å²) in [7, 11) is 1.55. The molecule has 1 aromatic carbocycles. The second kappa shape index (κ2) is 10.2. The zero-order chi connectivity index (χ0) is 15.3. The molecule has 0 unspecified atom stereocenters. The van der Waals surface area contributed by atoms with Crippen molar-refractivity contribution in [1.82, 2.24) is 10.2 Å². The van der Waals surface area contributed by atoms with Crippen LogP contribution in [0.3, 0.4) is 0 Å². The zero-order valence-corrected chi connectivity index (χ0v) is 14.6. The summed E-state index contributed by atoms with van der Waals surface area (Å²) in [5.74, 6) is 0.656. The molecule has 134 valence electrons. The molecule has 0 aliphatic carbocycles. The molecule has 2 rings (SSSR count). The van der Waals surface area contributed by atoms with Crippen molar-refractivity contribution < 1.29 is 17.9 Å². The summed E-state index contributed by atoms with van der Waals surface area (Å²) < 4.78 is 43.2. The molecule has 1 aromatic rings. The van der Waals surface area contributed by atoms with E-state index >= 15 is 0 Å². The van der Waals surface area contributed by atoms with E-state index in [0.717, 1.165) is 31.7 Å². The Kier molecular flexibility index (Phi) is 9.93. The third-order valence-electron chi connectivity index (χ3n) is 3.79. The first-order valence-electron chi connectivity index (χ1n) is 7.15. The van der Waals surface area contributed by atoms with Crippen molar-refractivity contribution in [3.05, 3.63) is 29.8 Å². The van der Waals surface area contributed by atoms with Gasteiger partial charge in [0.05, 0.1) is 7.11 Å². The second-order valence-electron chi connectivity index (χ2n) is 5.20. The average Bonchev–Trinajstić information content (AvgIpc) is 2.48. The third-order valence-corrected chi connectivity index (χ3v) is 3.79. The standard InChI is InChI=1S/C15H21F3N2O.2ClH/c1-21-14-5-3-2-4-12(14)13(6-7-15(16,17)18)20-10-8-19-9-11-20;;/h2-5,13,19H,6-11H2,1H3;2*1H/t13-;;/m0../s1. The van der Waals surface area contributed by atoms with E-state index in [0.29, 0.717) is 5.75 Å². The molecule has 1 aliphatic rings. The maximum Gasteiger partial charge on any atom is 0.389 e. The minimum atomic E-state index is -4.13. The van der Waals surface area contributed by atoms with Crippen molar-refractivity contribution in [3.63, 3.8) is 0 Å². The van der Waals surface area contributed by atoms with Crippen LogP contribution < -0.4 is 10.1 Å². The molecule has 23 heavy (non-hydrogen) atoms. The van der Waals surface area contributed by atoms with Crippen LogP contribution in [0, 0.1) is 0 Å². The Balaban J connectivity index is 0.00000242. The van der Waals surface area contributed by atoms with Gasteiger partial charge in [0, 0.05) is 44.2 Å². The molecule has 0 spiro atoms. The first-order valence-corrected chi connectivity index (χ1v) is 7.15. The van der Waals surface area contributed by atoms with Crippen molar-refractivity contribution in [3.8, 4) is 5.75 Å². The molecule has 1 heterocycles. The van der Waals surface area contributed by atoms with Gasteiger partial charge in [-0.05, 0) is 12.5 Å². The summed E-state index contributed by atoms with van der Waals surface area (Å²) in [5.41, 5.74) is 0.839. The largest absolute Gasteiger partial charge is 0.496 e. The summed E-state index contributed by atoms with van der Waals surface area (Å²) in [4.78, 5) is 2.11. The Morgan fingerprint density at radius 1 is 1.17 bits per heavy atom. The molecule has 0 aromatic heterocycles. The Morgan fingerprint density at radius 2 is 1.78 bits per heavy atom. The number of nitrogens with one attached hydrogen (secondary N) is 1. The summed E-state index contributed by atoms with van der Waals surface area (Å²) >= 11 is 0. The van der Waals surface area contributed by atoms with Crippen LogP contribution in [0.2, 0.25) is 0 Å². The molecule has 0 radical (unpaired) electrons. The van der Waals surface area contributed by atoms with E-state index in [-0.39, 0.29) is 37.3 Å². The number of para-hydroxylation sites is 1. The van der Waals surface area contributed by atoms with Gasteiger partial charge in [0.2, 0.25) is 0 Å². The van der Waals surface area contributed by atoms with Gasteiger partial charge in [-0.3, -0.25) is 4.90 Å². The van der Waals surface area contributed by atoms with Crippen molar-refractivity contribution in [2.24, 2.45) is 0 Å². The fourth-order valence-corrected chi connectivity index (χ4v) is 2.77. The molecule has 1 aliphatic heterocycles. The molecule has 3 nitrogen and oxygen atoms in total. The number of alkyl halides is 3. The highest BCUT2D eigenvalue weighted by Crippen LogP contribution is 2.35. The molecular weight excluding hydrogens is 352 g/mol. The lowest BCUT2D eigenvalue weighted by atomic mass is 9.98. The summed E-state index contributed by atoms with van der Waals surface area (Å²) in [5, 5.41) is 3.23.